The number of fused-ring (bicyclic) bond motifs is 3. The van der Waals surface area contributed by atoms with E-state index in [1.807, 2.05) is 36.8 Å². The van der Waals surface area contributed by atoms with Crippen molar-refractivity contribution >= 4 is 39.5 Å². The molecule has 0 amide bonds. The Kier molecular flexibility index (Phi) is 4.11. The molecular weight excluding hydrogens is 312 g/mol. The van der Waals surface area contributed by atoms with E-state index < -0.39 is 0 Å². The molecule has 6 nitrogen and oxygen atoms in total. The van der Waals surface area contributed by atoms with Crippen LogP contribution in [-0.2, 0) is 0 Å². The van der Waals surface area contributed by atoms with Gasteiger partial charge in [-0.25, -0.2) is 9.98 Å². The number of likely N-dealkylation sites (N-methyl/N-ethyl adjacent to an activating group) is 1. The zero-order valence-electron chi connectivity index (χ0n) is 14.4. The number of hydrogen-bond acceptors (Lipinski definition) is 6. The van der Waals surface area contributed by atoms with Gasteiger partial charge in [0.2, 0.25) is 0 Å². The third-order valence-electron chi connectivity index (χ3n) is 4.25. The molecule has 1 aromatic carbocycles. The van der Waals surface area contributed by atoms with Crippen molar-refractivity contribution in [1.82, 2.24) is 14.9 Å². The molecule has 1 N–H and O–H groups in total. The van der Waals surface area contributed by atoms with Crippen LogP contribution in [0.25, 0.3) is 21.7 Å². The number of hydrogen-bond donors (Lipinski definition) is 1. The minimum Gasteiger partial charge on any atom is -0.368 e. The van der Waals surface area contributed by atoms with Gasteiger partial charge in [0.1, 0.15) is 5.82 Å². The van der Waals surface area contributed by atoms with E-state index in [1.54, 1.807) is 0 Å². The summed E-state index contributed by atoms with van der Waals surface area (Å²) in [6.45, 7) is 2.39. The molecule has 2 aromatic heterocycles. The van der Waals surface area contributed by atoms with Crippen LogP contribution >= 0.6 is 0 Å². The van der Waals surface area contributed by atoms with Gasteiger partial charge in [0.05, 0.1) is 12.1 Å². The maximum atomic E-state index is 4.93. The fourth-order valence-electron chi connectivity index (χ4n) is 3.03. The molecule has 25 heavy (non-hydrogen) atoms. The van der Waals surface area contributed by atoms with E-state index in [0.29, 0.717) is 6.54 Å². The predicted octanol–water partition coefficient (Wildman–Crippen LogP) is 2.59. The summed E-state index contributed by atoms with van der Waals surface area (Å²) >= 11 is 0. The maximum Gasteiger partial charge on any atom is 0.156 e. The summed E-state index contributed by atoms with van der Waals surface area (Å²) in [5.41, 5.74) is 1.88. The van der Waals surface area contributed by atoms with E-state index in [0.717, 1.165) is 52.0 Å². The highest BCUT2D eigenvalue weighted by molar-refractivity contribution is 6.18. The van der Waals surface area contributed by atoms with Crippen molar-refractivity contribution in [2.75, 3.05) is 39.0 Å². The van der Waals surface area contributed by atoms with Gasteiger partial charge < -0.3 is 10.2 Å². The average molecular weight is 332 g/mol. The molecule has 126 valence electrons. The number of amidine groups is 1. The van der Waals surface area contributed by atoms with Crippen LogP contribution in [0.1, 0.15) is 5.56 Å². The number of para-hydroxylation sites is 1. The van der Waals surface area contributed by atoms with Gasteiger partial charge in [-0.15, -0.1) is 0 Å². The number of benzene rings is 1. The van der Waals surface area contributed by atoms with E-state index in [2.05, 4.69) is 45.3 Å². The quantitative estimate of drug-likeness (QED) is 0.729. The smallest absolute Gasteiger partial charge is 0.156 e. The number of rotatable bonds is 5. The molecule has 0 spiro atoms. The standard InChI is InChI=1S/C19H20N6/c1-25(2)11-10-23-19-14-6-7-20-12-16(14)13-4-3-5-15(17(13)24-19)18-21-8-9-22-18/h3-8,12H,9-11H2,1-2H3,(H,23,24). The Labute approximate surface area is 146 Å². The van der Waals surface area contributed by atoms with Crippen LogP contribution in [0.15, 0.2) is 46.6 Å². The number of nitrogens with zero attached hydrogens (tertiary/aromatic N) is 5. The van der Waals surface area contributed by atoms with Crippen molar-refractivity contribution in [3.05, 3.63) is 42.2 Å². The number of aliphatic imine (C=N–C) groups is 2. The summed E-state index contributed by atoms with van der Waals surface area (Å²) in [5, 5.41) is 6.71. The minimum absolute atomic E-state index is 0.634. The molecule has 1 aliphatic heterocycles. The van der Waals surface area contributed by atoms with Gasteiger partial charge in [-0.2, -0.15) is 0 Å². The lowest BCUT2D eigenvalue weighted by atomic mass is 10.0. The summed E-state index contributed by atoms with van der Waals surface area (Å²) in [4.78, 5) is 20.2. The summed E-state index contributed by atoms with van der Waals surface area (Å²) < 4.78 is 0. The number of aromatic nitrogens is 2. The van der Waals surface area contributed by atoms with Crippen molar-refractivity contribution in [1.29, 1.82) is 0 Å². The highest BCUT2D eigenvalue weighted by Crippen LogP contribution is 2.30. The molecule has 0 aliphatic carbocycles. The van der Waals surface area contributed by atoms with Gasteiger partial charge in [-0.05, 0) is 26.2 Å². The van der Waals surface area contributed by atoms with Crippen LogP contribution in [0.2, 0.25) is 0 Å². The average Bonchev–Trinajstić information content (AvgIpc) is 3.15. The predicted molar refractivity (Wildman–Crippen MR) is 104 cm³/mol. The summed E-state index contributed by atoms with van der Waals surface area (Å²) in [6.07, 6.45) is 5.54. The number of nitrogens with one attached hydrogen (secondary N) is 1. The van der Waals surface area contributed by atoms with E-state index >= 15 is 0 Å². The van der Waals surface area contributed by atoms with Gasteiger partial charge in [0.15, 0.2) is 5.84 Å². The second kappa shape index (κ2) is 6.57. The number of anilines is 1. The van der Waals surface area contributed by atoms with Crippen molar-refractivity contribution in [2.24, 2.45) is 9.98 Å². The molecule has 0 saturated carbocycles. The lowest BCUT2D eigenvalue weighted by Gasteiger charge is -2.15. The molecule has 3 heterocycles. The maximum absolute atomic E-state index is 4.93. The van der Waals surface area contributed by atoms with E-state index in [4.69, 9.17) is 4.98 Å². The Hall–Kier alpha value is -2.86. The van der Waals surface area contributed by atoms with Crippen molar-refractivity contribution < 1.29 is 0 Å². The van der Waals surface area contributed by atoms with Crippen LogP contribution in [0.3, 0.4) is 0 Å². The molecule has 0 unspecified atom stereocenters. The molecule has 0 saturated heterocycles. The zero-order valence-corrected chi connectivity index (χ0v) is 14.4. The lowest BCUT2D eigenvalue weighted by Crippen LogP contribution is -2.21. The van der Waals surface area contributed by atoms with Gasteiger partial charge >= 0.3 is 0 Å². The van der Waals surface area contributed by atoms with Crippen LogP contribution in [0.5, 0.6) is 0 Å². The van der Waals surface area contributed by atoms with Crippen molar-refractivity contribution in [3.63, 3.8) is 0 Å². The highest BCUT2D eigenvalue weighted by atomic mass is 15.1. The van der Waals surface area contributed by atoms with Crippen molar-refractivity contribution in [3.8, 4) is 0 Å². The second-order valence-corrected chi connectivity index (χ2v) is 6.29. The first-order chi connectivity index (χ1) is 12.2. The number of pyridine rings is 2. The van der Waals surface area contributed by atoms with Crippen LogP contribution in [0.4, 0.5) is 5.82 Å². The van der Waals surface area contributed by atoms with Gasteiger partial charge in [0, 0.05) is 53.4 Å². The largest absolute Gasteiger partial charge is 0.368 e. The van der Waals surface area contributed by atoms with E-state index in [-0.39, 0.29) is 0 Å². The molecule has 0 radical (unpaired) electrons. The Bertz CT molecular complexity index is 990. The summed E-state index contributed by atoms with van der Waals surface area (Å²) in [6, 6.07) is 8.15. The van der Waals surface area contributed by atoms with Crippen LogP contribution in [0, 0.1) is 0 Å². The zero-order chi connectivity index (χ0) is 17.2. The summed E-state index contributed by atoms with van der Waals surface area (Å²) in [7, 11) is 4.12. The third kappa shape index (κ3) is 2.96. The monoisotopic (exact) mass is 332 g/mol. The SMILES string of the molecule is CN(C)CCNc1nc2c(C3=NCC=N3)cccc2c2cnccc12. The molecule has 0 bridgehead atoms. The first kappa shape index (κ1) is 15.7. The van der Waals surface area contributed by atoms with Crippen molar-refractivity contribution in [2.45, 2.75) is 0 Å². The fraction of sp³-hybridized carbons (Fsp3) is 0.263. The summed E-state index contributed by atoms with van der Waals surface area (Å²) in [5.74, 6) is 1.63. The second-order valence-electron chi connectivity index (χ2n) is 6.29. The van der Waals surface area contributed by atoms with Gasteiger partial charge in [-0.3, -0.25) is 9.98 Å². The molecular formula is C19H20N6. The fourth-order valence-corrected chi connectivity index (χ4v) is 3.03. The normalized spacial score (nSPS) is 13.8. The first-order valence-corrected chi connectivity index (χ1v) is 8.36. The van der Waals surface area contributed by atoms with E-state index in [9.17, 15) is 0 Å². The highest BCUT2D eigenvalue weighted by Gasteiger charge is 2.15. The molecule has 4 rings (SSSR count). The Morgan fingerprint density at radius 2 is 2.04 bits per heavy atom. The van der Waals surface area contributed by atoms with E-state index in [1.165, 1.54) is 0 Å². The lowest BCUT2D eigenvalue weighted by molar-refractivity contribution is 0.425. The van der Waals surface area contributed by atoms with Gasteiger partial charge in [-0.1, -0.05) is 12.1 Å². The molecule has 6 heteroatoms. The molecule has 0 atom stereocenters. The third-order valence-corrected chi connectivity index (χ3v) is 4.25. The molecule has 3 aromatic rings. The molecule has 0 fully saturated rings. The minimum atomic E-state index is 0.634. The Balaban J connectivity index is 1.90. The topological polar surface area (TPSA) is 65.8 Å². The van der Waals surface area contributed by atoms with Crippen LogP contribution < -0.4 is 5.32 Å². The van der Waals surface area contributed by atoms with Gasteiger partial charge in [0.25, 0.3) is 0 Å². The first-order valence-electron chi connectivity index (χ1n) is 8.36. The Morgan fingerprint density at radius 1 is 1.12 bits per heavy atom. The Morgan fingerprint density at radius 3 is 2.84 bits per heavy atom. The van der Waals surface area contributed by atoms with Crippen LogP contribution in [-0.4, -0.2) is 60.6 Å². The molecule has 1 aliphatic rings.